The summed E-state index contributed by atoms with van der Waals surface area (Å²) in [7, 11) is -7.53. The standard InChI is InChI=1S/C26H22O10S3.CH4/c1-17-3-12-22(15-25(17)37-36-35-27)38(28,29)23-13-14-24(26(16-23)39(30,31)32)34-21-10-6-19(7-11-21)18-4-8-20(33-2)9-5-18;/h3-16,27H,1-2H3,(H,30,31,32);1H4. The van der Waals surface area contributed by atoms with Gasteiger partial charge in [0.05, 0.1) is 28.9 Å². The third kappa shape index (κ3) is 7.01. The summed E-state index contributed by atoms with van der Waals surface area (Å²) in [6.45, 7) is 1.69. The van der Waals surface area contributed by atoms with E-state index in [1.807, 2.05) is 24.3 Å². The van der Waals surface area contributed by atoms with Crippen LogP contribution in [0.1, 0.15) is 13.0 Å². The van der Waals surface area contributed by atoms with Crippen LogP contribution in [-0.4, -0.2) is 33.8 Å². The van der Waals surface area contributed by atoms with Crippen LogP contribution in [0.25, 0.3) is 11.1 Å². The summed E-state index contributed by atoms with van der Waals surface area (Å²) in [4.78, 5) is -0.961. The van der Waals surface area contributed by atoms with Crippen molar-refractivity contribution in [1.82, 2.24) is 0 Å². The lowest BCUT2D eigenvalue weighted by atomic mass is 10.1. The zero-order valence-corrected chi connectivity index (χ0v) is 22.9. The Morgan fingerprint density at radius 2 is 1.30 bits per heavy atom. The summed E-state index contributed by atoms with van der Waals surface area (Å²) in [5.74, 6) is 0.718. The van der Waals surface area contributed by atoms with Crippen LogP contribution in [0.15, 0.2) is 105 Å². The van der Waals surface area contributed by atoms with Gasteiger partial charge in [-0.05, 0) is 78.2 Å². The first-order valence-corrected chi connectivity index (χ1v) is 14.7. The summed E-state index contributed by atoms with van der Waals surface area (Å²) < 4.78 is 76.0. The van der Waals surface area contributed by atoms with E-state index in [1.165, 1.54) is 24.3 Å². The predicted octanol–water partition coefficient (Wildman–Crippen LogP) is 6.61. The number of aryl methyl sites for hydroxylation is 1. The lowest BCUT2D eigenvalue weighted by Gasteiger charge is -2.13. The molecule has 40 heavy (non-hydrogen) atoms. The molecule has 0 spiro atoms. The molecule has 0 amide bonds. The van der Waals surface area contributed by atoms with Crippen LogP contribution in [-0.2, 0) is 29.3 Å². The normalized spacial score (nSPS) is 11.5. The number of ether oxygens (including phenoxy) is 2. The Morgan fingerprint density at radius 3 is 1.85 bits per heavy atom. The van der Waals surface area contributed by atoms with E-state index in [4.69, 9.17) is 14.7 Å². The maximum Gasteiger partial charge on any atom is 0.298 e. The van der Waals surface area contributed by atoms with Gasteiger partial charge in [-0.1, -0.05) is 42.8 Å². The van der Waals surface area contributed by atoms with Crippen molar-refractivity contribution in [2.75, 3.05) is 7.11 Å². The maximum absolute atomic E-state index is 13.3. The number of methoxy groups -OCH3 is 1. The van der Waals surface area contributed by atoms with Crippen molar-refractivity contribution in [3.05, 3.63) is 90.5 Å². The topological polar surface area (TPSA) is 146 Å². The Kier molecular flexibility index (Phi) is 9.97. The van der Waals surface area contributed by atoms with Crippen molar-refractivity contribution in [1.29, 1.82) is 0 Å². The van der Waals surface area contributed by atoms with Crippen molar-refractivity contribution in [2.45, 2.75) is 33.9 Å². The van der Waals surface area contributed by atoms with Gasteiger partial charge in [-0.15, -0.1) is 4.33 Å². The van der Waals surface area contributed by atoms with Crippen LogP contribution >= 0.6 is 12.0 Å². The number of benzene rings is 4. The molecular weight excluding hydrogens is 580 g/mol. The van der Waals surface area contributed by atoms with E-state index in [2.05, 4.69) is 9.37 Å². The van der Waals surface area contributed by atoms with Gasteiger partial charge in [-0.3, -0.25) is 4.55 Å². The highest BCUT2D eigenvalue weighted by molar-refractivity contribution is 7.94. The molecule has 4 aromatic rings. The van der Waals surface area contributed by atoms with Crippen molar-refractivity contribution < 1.29 is 45.5 Å². The van der Waals surface area contributed by atoms with Gasteiger partial charge in [-0.2, -0.15) is 8.42 Å². The summed E-state index contributed by atoms with van der Waals surface area (Å²) in [5, 5.41) is 12.0. The molecule has 0 heterocycles. The van der Waals surface area contributed by atoms with Gasteiger partial charge in [0, 0.05) is 4.90 Å². The second-order valence-corrected chi connectivity index (χ2v) is 12.2. The molecule has 13 heteroatoms. The Bertz CT molecular complexity index is 1680. The fraction of sp³-hybridized carbons (Fsp3) is 0.111. The molecule has 0 unspecified atom stereocenters. The summed E-state index contributed by atoms with van der Waals surface area (Å²) in [6.07, 6.45) is 0. The molecule has 212 valence electrons. The van der Waals surface area contributed by atoms with E-state index in [0.29, 0.717) is 28.3 Å². The van der Waals surface area contributed by atoms with Crippen molar-refractivity contribution in [2.24, 2.45) is 0 Å². The van der Waals surface area contributed by atoms with Crippen LogP contribution in [0.4, 0.5) is 0 Å². The van der Waals surface area contributed by atoms with E-state index in [-0.39, 0.29) is 23.8 Å². The minimum absolute atomic E-state index is 0. The Balaban J connectivity index is 0.00000441. The molecule has 0 saturated carbocycles. The third-order valence-electron chi connectivity index (χ3n) is 5.63. The number of hydrogen-bond donors (Lipinski definition) is 2. The molecule has 0 aliphatic carbocycles. The zero-order valence-electron chi connectivity index (χ0n) is 20.5. The lowest BCUT2D eigenvalue weighted by molar-refractivity contribution is -0.432. The van der Waals surface area contributed by atoms with Gasteiger partial charge >= 0.3 is 0 Å². The van der Waals surface area contributed by atoms with Crippen molar-refractivity contribution in [3.63, 3.8) is 0 Å². The average Bonchev–Trinajstić information content (AvgIpc) is 2.92. The molecule has 2 N–H and O–H groups in total. The molecule has 0 bridgehead atoms. The molecule has 0 fully saturated rings. The fourth-order valence-corrected chi connectivity index (χ4v) is 6.17. The molecule has 10 nitrogen and oxygen atoms in total. The Hall–Kier alpha value is -3.43. The van der Waals surface area contributed by atoms with E-state index in [0.717, 1.165) is 23.3 Å². The molecule has 0 aromatic heterocycles. The second kappa shape index (κ2) is 12.8. The summed E-state index contributed by atoms with van der Waals surface area (Å²) in [5.41, 5.74) is 2.42. The fourth-order valence-electron chi connectivity index (χ4n) is 3.59. The largest absolute Gasteiger partial charge is 0.497 e. The minimum atomic E-state index is -4.87. The first kappa shape index (κ1) is 31.1. The highest BCUT2D eigenvalue weighted by Gasteiger charge is 2.25. The van der Waals surface area contributed by atoms with E-state index in [9.17, 15) is 21.4 Å². The van der Waals surface area contributed by atoms with E-state index in [1.54, 1.807) is 38.3 Å². The number of rotatable bonds is 10. The van der Waals surface area contributed by atoms with Gasteiger partial charge < -0.3 is 9.47 Å². The van der Waals surface area contributed by atoms with Crippen molar-refractivity contribution >= 4 is 32.0 Å². The van der Waals surface area contributed by atoms with Crippen LogP contribution in [0, 0.1) is 6.92 Å². The number of sulfone groups is 1. The second-order valence-electron chi connectivity index (χ2n) is 8.10. The molecule has 4 aromatic carbocycles. The van der Waals surface area contributed by atoms with Crippen LogP contribution in [0.2, 0.25) is 0 Å². The van der Waals surface area contributed by atoms with Crippen LogP contribution in [0.5, 0.6) is 17.2 Å². The lowest BCUT2D eigenvalue weighted by Crippen LogP contribution is -2.07. The van der Waals surface area contributed by atoms with E-state index < -0.39 is 29.7 Å². The molecule has 4 rings (SSSR count). The quantitative estimate of drug-likeness (QED) is 0.0870. The van der Waals surface area contributed by atoms with Gasteiger partial charge in [0.1, 0.15) is 22.1 Å². The summed E-state index contributed by atoms with van der Waals surface area (Å²) in [6, 6.07) is 21.4. The molecular formula is C27H26O10S3. The monoisotopic (exact) mass is 606 g/mol. The highest BCUT2D eigenvalue weighted by Crippen LogP contribution is 2.35. The Labute approximate surface area is 236 Å². The summed E-state index contributed by atoms with van der Waals surface area (Å²) >= 11 is 0.587. The first-order chi connectivity index (χ1) is 18.5. The first-order valence-electron chi connectivity index (χ1n) is 11.1. The van der Waals surface area contributed by atoms with Crippen LogP contribution < -0.4 is 9.47 Å². The predicted molar refractivity (Wildman–Crippen MR) is 149 cm³/mol. The van der Waals surface area contributed by atoms with Crippen LogP contribution in [0.3, 0.4) is 0 Å². The minimum Gasteiger partial charge on any atom is -0.497 e. The smallest absolute Gasteiger partial charge is 0.298 e. The number of hydrogen-bond acceptors (Lipinski definition) is 10. The highest BCUT2D eigenvalue weighted by atomic mass is 32.2. The van der Waals surface area contributed by atoms with Gasteiger partial charge in [-0.25, -0.2) is 13.7 Å². The third-order valence-corrected chi connectivity index (χ3v) is 9.01. The van der Waals surface area contributed by atoms with Crippen molar-refractivity contribution in [3.8, 4) is 28.4 Å². The van der Waals surface area contributed by atoms with Gasteiger partial charge in [0.15, 0.2) is 0 Å². The van der Waals surface area contributed by atoms with E-state index >= 15 is 0 Å². The molecule has 0 aliphatic heterocycles. The molecule has 0 saturated heterocycles. The average molecular weight is 607 g/mol. The SMILES string of the molecule is C.COc1ccc(-c2ccc(Oc3ccc(S(=O)(=O)c4ccc(C)c(SOOO)c4)cc3S(=O)(=O)O)cc2)cc1. The van der Waals surface area contributed by atoms with Gasteiger partial charge in [0.2, 0.25) is 9.84 Å². The Morgan fingerprint density at radius 1 is 0.750 bits per heavy atom. The maximum atomic E-state index is 13.3. The molecule has 0 atom stereocenters. The molecule has 0 aliphatic rings. The molecule has 0 radical (unpaired) electrons. The van der Waals surface area contributed by atoms with Gasteiger partial charge in [0.25, 0.3) is 10.1 Å². The zero-order chi connectivity index (χ0) is 28.2.